The number of ether oxygens (including phenoxy) is 1. The molecule has 0 saturated carbocycles. The van der Waals surface area contributed by atoms with Crippen LogP contribution in [0.15, 0.2) is 18.2 Å². The van der Waals surface area contributed by atoms with Crippen molar-refractivity contribution in [2.24, 2.45) is 0 Å². The first-order valence-electron chi connectivity index (χ1n) is 4.90. The predicted octanol–water partition coefficient (Wildman–Crippen LogP) is 1.91. The highest BCUT2D eigenvalue weighted by atomic mass is 16.5. The van der Waals surface area contributed by atoms with Crippen molar-refractivity contribution in [2.75, 3.05) is 25.6 Å². The van der Waals surface area contributed by atoms with E-state index in [0.29, 0.717) is 0 Å². The van der Waals surface area contributed by atoms with Gasteiger partial charge in [-0.3, -0.25) is 4.79 Å². The molecule has 3 nitrogen and oxygen atoms in total. The molecule has 15 heavy (non-hydrogen) atoms. The van der Waals surface area contributed by atoms with Gasteiger partial charge in [-0.05, 0) is 25.5 Å². The predicted molar refractivity (Wildman–Crippen MR) is 61.2 cm³/mol. The van der Waals surface area contributed by atoms with E-state index in [-0.39, 0.29) is 12.5 Å². The van der Waals surface area contributed by atoms with Crippen LogP contribution in [-0.4, -0.2) is 26.7 Å². The fraction of sp³-hybridized carbons (Fsp3) is 0.417. The van der Waals surface area contributed by atoms with Gasteiger partial charge in [0.25, 0.3) is 0 Å². The van der Waals surface area contributed by atoms with Crippen LogP contribution in [0.5, 0.6) is 0 Å². The first-order chi connectivity index (χ1) is 7.04. The highest BCUT2D eigenvalue weighted by molar-refractivity contribution is 5.76. The molecule has 0 radical (unpaired) electrons. The summed E-state index contributed by atoms with van der Waals surface area (Å²) >= 11 is 0. The van der Waals surface area contributed by atoms with Gasteiger partial charge in [-0.15, -0.1) is 0 Å². The monoisotopic (exact) mass is 207 g/mol. The van der Waals surface area contributed by atoms with Crippen molar-refractivity contribution in [2.45, 2.75) is 13.8 Å². The summed E-state index contributed by atoms with van der Waals surface area (Å²) in [6, 6.07) is 6.16. The van der Waals surface area contributed by atoms with Crippen molar-refractivity contribution in [1.29, 1.82) is 0 Å². The summed E-state index contributed by atoms with van der Waals surface area (Å²) in [5.41, 5.74) is 3.45. The molecule has 0 aliphatic carbocycles. The molecule has 0 bridgehead atoms. The van der Waals surface area contributed by atoms with Crippen molar-refractivity contribution in [1.82, 2.24) is 0 Å². The number of likely N-dealkylation sites (N-methyl/N-ethyl adjacent to an activating group) is 1. The number of hydrogen-bond donors (Lipinski definition) is 0. The lowest BCUT2D eigenvalue weighted by atomic mass is 10.1. The normalized spacial score (nSPS) is 9.87. The molecule has 3 heteroatoms. The van der Waals surface area contributed by atoms with Crippen molar-refractivity contribution >= 4 is 11.7 Å². The second-order valence-electron chi connectivity index (χ2n) is 3.72. The van der Waals surface area contributed by atoms with E-state index in [1.807, 2.05) is 31.0 Å². The van der Waals surface area contributed by atoms with E-state index in [1.54, 1.807) is 0 Å². The molecule has 1 rings (SSSR count). The maximum atomic E-state index is 11.1. The number of benzene rings is 1. The van der Waals surface area contributed by atoms with Gasteiger partial charge in [-0.1, -0.05) is 17.7 Å². The lowest BCUT2D eigenvalue weighted by Crippen LogP contribution is -2.26. The lowest BCUT2D eigenvalue weighted by molar-refractivity contribution is -0.138. The molecule has 0 atom stereocenters. The molecule has 1 aromatic rings. The lowest BCUT2D eigenvalue weighted by Gasteiger charge is -2.20. The summed E-state index contributed by atoms with van der Waals surface area (Å²) in [5, 5.41) is 0. The van der Waals surface area contributed by atoms with E-state index in [2.05, 4.69) is 17.7 Å². The number of aryl methyl sites for hydroxylation is 2. The first kappa shape index (κ1) is 11.6. The third kappa shape index (κ3) is 2.98. The zero-order valence-electron chi connectivity index (χ0n) is 9.70. The Labute approximate surface area is 90.7 Å². The third-order valence-corrected chi connectivity index (χ3v) is 2.36. The second kappa shape index (κ2) is 4.82. The number of rotatable bonds is 3. The number of methoxy groups -OCH3 is 1. The maximum Gasteiger partial charge on any atom is 0.325 e. The zero-order valence-corrected chi connectivity index (χ0v) is 9.70. The Hall–Kier alpha value is -1.51. The molecule has 0 aliphatic rings. The fourth-order valence-corrected chi connectivity index (χ4v) is 1.58. The molecule has 0 heterocycles. The summed E-state index contributed by atoms with van der Waals surface area (Å²) in [6.45, 7) is 4.37. The minimum Gasteiger partial charge on any atom is -0.468 e. The molecule has 82 valence electrons. The van der Waals surface area contributed by atoms with Gasteiger partial charge in [0.05, 0.1) is 7.11 Å². The quantitative estimate of drug-likeness (QED) is 0.709. The van der Waals surface area contributed by atoms with E-state index in [1.165, 1.54) is 18.2 Å². The van der Waals surface area contributed by atoms with Gasteiger partial charge in [-0.2, -0.15) is 0 Å². The summed E-state index contributed by atoms with van der Waals surface area (Å²) in [4.78, 5) is 13.0. The highest BCUT2D eigenvalue weighted by Crippen LogP contribution is 2.19. The molecule has 0 aromatic heterocycles. The Morgan fingerprint density at radius 1 is 1.40 bits per heavy atom. The van der Waals surface area contributed by atoms with Gasteiger partial charge in [0.2, 0.25) is 0 Å². The van der Waals surface area contributed by atoms with Crippen molar-refractivity contribution in [3.05, 3.63) is 29.3 Å². The maximum absolute atomic E-state index is 11.1. The smallest absolute Gasteiger partial charge is 0.325 e. The summed E-state index contributed by atoms with van der Waals surface area (Å²) in [7, 11) is 3.28. The number of hydrogen-bond acceptors (Lipinski definition) is 3. The van der Waals surface area contributed by atoms with Gasteiger partial charge < -0.3 is 9.64 Å². The molecule has 0 amide bonds. The van der Waals surface area contributed by atoms with Crippen molar-refractivity contribution in [3.8, 4) is 0 Å². The Kier molecular flexibility index (Phi) is 3.72. The van der Waals surface area contributed by atoms with Crippen LogP contribution < -0.4 is 4.90 Å². The molecule has 0 aliphatic heterocycles. The number of anilines is 1. The molecular weight excluding hydrogens is 190 g/mol. The topological polar surface area (TPSA) is 29.5 Å². The van der Waals surface area contributed by atoms with Crippen LogP contribution >= 0.6 is 0 Å². The van der Waals surface area contributed by atoms with Crippen LogP contribution in [0, 0.1) is 13.8 Å². The van der Waals surface area contributed by atoms with E-state index < -0.39 is 0 Å². The number of esters is 1. The first-order valence-corrected chi connectivity index (χ1v) is 4.90. The fourth-order valence-electron chi connectivity index (χ4n) is 1.58. The van der Waals surface area contributed by atoms with Gasteiger partial charge in [0.1, 0.15) is 6.54 Å². The Morgan fingerprint density at radius 3 is 2.60 bits per heavy atom. The van der Waals surface area contributed by atoms with E-state index in [9.17, 15) is 4.79 Å². The molecule has 1 aromatic carbocycles. The van der Waals surface area contributed by atoms with E-state index in [4.69, 9.17) is 0 Å². The van der Waals surface area contributed by atoms with E-state index >= 15 is 0 Å². The zero-order chi connectivity index (χ0) is 11.4. The van der Waals surface area contributed by atoms with Crippen molar-refractivity contribution < 1.29 is 9.53 Å². The molecule has 0 saturated heterocycles. The van der Waals surface area contributed by atoms with Crippen molar-refractivity contribution in [3.63, 3.8) is 0 Å². The van der Waals surface area contributed by atoms with Gasteiger partial charge in [0, 0.05) is 12.7 Å². The van der Waals surface area contributed by atoms with Gasteiger partial charge >= 0.3 is 5.97 Å². The number of carbonyl (C=O) groups is 1. The number of nitrogens with zero attached hydrogens (tertiary/aromatic N) is 1. The molecule has 0 N–H and O–H groups in total. The Bertz CT molecular complexity index is 361. The number of carbonyl (C=O) groups excluding carboxylic acids is 1. The van der Waals surface area contributed by atoms with Gasteiger partial charge in [0.15, 0.2) is 0 Å². The van der Waals surface area contributed by atoms with Gasteiger partial charge in [-0.25, -0.2) is 0 Å². The molecule has 0 unspecified atom stereocenters. The highest BCUT2D eigenvalue weighted by Gasteiger charge is 2.09. The molecule has 0 spiro atoms. The molecular formula is C12H17NO2. The largest absolute Gasteiger partial charge is 0.468 e. The summed E-state index contributed by atoms with van der Waals surface area (Å²) < 4.78 is 4.63. The Balaban J connectivity index is 2.82. The minimum absolute atomic E-state index is 0.225. The van der Waals surface area contributed by atoms with E-state index in [0.717, 1.165) is 5.69 Å². The molecule has 0 fully saturated rings. The third-order valence-electron chi connectivity index (χ3n) is 2.36. The van der Waals surface area contributed by atoms with Crippen LogP contribution in [0.25, 0.3) is 0 Å². The van der Waals surface area contributed by atoms with Crippen LogP contribution in [0.1, 0.15) is 11.1 Å². The van der Waals surface area contributed by atoms with Crippen LogP contribution in [0.4, 0.5) is 5.69 Å². The Morgan fingerprint density at radius 2 is 2.07 bits per heavy atom. The average molecular weight is 207 g/mol. The standard InChI is InChI=1S/C12H17NO2/c1-9-5-6-11(10(2)7-9)13(3)8-12(14)15-4/h5-7H,8H2,1-4H3. The second-order valence-corrected chi connectivity index (χ2v) is 3.72. The van der Waals surface area contributed by atoms with Crippen LogP contribution in [0.3, 0.4) is 0 Å². The average Bonchev–Trinajstić information content (AvgIpc) is 2.17. The summed E-state index contributed by atoms with van der Waals surface area (Å²) in [6.07, 6.45) is 0. The van der Waals surface area contributed by atoms with Crippen LogP contribution in [-0.2, 0) is 9.53 Å². The minimum atomic E-state index is -0.225. The SMILES string of the molecule is COC(=O)CN(C)c1ccc(C)cc1C. The summed E-state index contributed by atoms with van der Waals surface area (Å²) in [5.74, 6) is -0.225. The van der Waals surface area contributed by atoms with Crippen LogP contribution in [0.2, 0.25) is 0 Å².